The molecule has 0 aliphatic carbocycles. The van der Waals surface area contributed by atoms with Crippen molar-refractivity contribution in [3.05, 3.63) is 21.8 Å². The van der Waals surface area contributed by atoms with Crippen LogP contribution in [0.3, 0.4) is 0 Å². The number of methoxy groups -OCH3 is 1. The lowest BCUT2D eigenvalue weighted by molar-refractivity contribution is 0.396. The van der Waals surface area contributed by atoms with E-state index in [9.17, 15) is 4.79 Å². The molecule has 0 atom stereocenters. The number of halogens is 1. The summed E-state index contributed by atoms with van der Waals surface area (Å²) >= 11 is 5.74. The van der Waals surface area contributed by atoms with Crippen LogP contribution in [0.4, 0.5) is 0 Å². The van der Waals surface area contributed by atoms with Crippen molar-refractivity contribution in [3.8, 4) is 5.75 Å². The van der Waals surface area contributed by atoms with Crippen LogP contribution < -0.4 is 10.3 Å². The normalized spacial score (nSPS) is 10.8. The Morgan fingerprint density at radius 2 is 2.25 bits per heavy atom. The molecule has 0 bridgehead atoms. The minimum atomic E-state index is -0.216. The third-order valence-electron chi connectivity index (χ3n) is 2.34. The molecule has 0 N–H and O–H groups in total. The van der Waals surface area contributed by atoms with Crippen molar-refractivity contribution in [2.75, 3.05) is 7.11 Å². The third-order valence-corrected chi connectivity index (χ3v) is 2.61. The summed E-state index contributed by atoms with van der Waals surface area (Å²) in [5, 5.41) is 0.118. The van der Waals surface area contributed by atoms with Crippen LogP contribution in [0.2, 0.25) is 5.15 Å². The van der Waals surface area contributed by atoms with Gasteiger partial charge in [0.25, 0.3) is 5.56 Å². The highest BCUT2D eigenvalue weighted by Crippen LogP contribution is 2.15. The predicted octanol–water partition coefficient (Wildman–Crippen LogP) is 2.34. The molecule has 1 rings (SSSR count). The fraction of sp³-hybridized carbons (Fsp3) is 0.636. The zero-order valence-corrected chi connectivity index (χ0v) is 10.6. The standard InChI is InChI=1S/C11H17ClN2O2/c1-8(2)5-4-6-14-7-13-10(12)9(16-3)11(14)15/h7-8H,4-6H2,1-3H3. The lowest BCUT2D eigenvalue weighted by Crippen LogP contribution is -2.22. The van der Waals surface area contributed by atoms with Crippen LogP contribution in [-0.2, 0) is 6.54 Å². The minimum absolute atomic E-state index is 0.118. The number of aryl methyl sites for hydroxylation is 1. The molecule has 0 spiro atoms. The van der Waals surface area contributed by atoms with E-state index < -0.39 is 0 Å². The Morgan fingerprint density at radius 1 is 1.56 bits per heavy atom. The Bertz CT molecular complexity index is 401. The maximum atomic E-state index is 11.8. The monoisotopic (exact) mass is 244 g/mol. The smallest absolute Gasteiger partial charge is 0.297 e. The summed E-state index contributed by atoms with van der Waals surface area (Å²) in [5.41, 5.74) is -0.216. The van der Waals surface area contributed by atoms with Crippen molar-refractivity contribution in [1.82, 2.24) is 9.55 Å². The summed E-state index contributed by atoms with van der Waals surface area (Å²) in [5.74, 6) is 0.756. The summed E-state index contributed by atoms with van der Waals surface area (Å²) in [7, 11) is 1.42. The van der Waals surface area contributed by atoms with E-state index in [1.54, 1.807) is 0 Å². The number of rotatable bonds is 5. The molecule has 0 fully saturated rings. The summed E-state index contributed by atoms with van der Waals surface area (Å²) < 4.78 is 6.45. The second-order valence-corrected chi connectivity index (χ2v) is 4.46. The SMILES string of the molecule is COc1c(Cl)ncn(CCCC(C)C)c1=O. The molecule has 0 aliphatic heterocycles. The van der Waals surface area contributed by atoms with E-state index in [4.69, 9.17) is 16.3 Å². The van der Waals surface area contributed by atoms with Gasteiger partial charge >= 0.3 is 0 Å². The highest BCUT2D eigenvalue weighted by atomic mass is 35.5. The predicted molar refractivity (Wildman–Crippen MR) is 64.1 cm³/mol. The molecule has 1 heterocycles. The molecule has 0 unspecified atom stereocenters. The van der Waals surface area contributed by atoms with Crippen LogP contribution >= 0.6 is 11.6 Å². The fourth-order valence-electron chi connectivity index (χ4n) is 1.45. The summed E-state index contributed by atoms with van der Waals surface area (Å²) in [4.78, 5) is 15.7. The van der Waals surface area contributed by atoms with E-state index >= 15 is 0 Å². The van der Waals surface area contributed by atoms with Crippen LogP contribution in [0.25, 0.3) is 0 Å². The average Bonchev–Trinajstić information content (AvgIpc) is 2.22. The first kappa shape index (κ1) is 13.0. The Morgan fingerprint density at radius 3 is 2.81 bits per heavy atom. The molecule has 1 aromatic heterocycles. The largest absolute Gasteiger partial charge is 0.489 e. The average molecular weight is 245 g/mol. The number of ether oxygens (including phenoxy) is 1. The first-order valence-electron chi connectivity index (χ1n) is 5.35. The summed E-state index contributed by atoms with van der Waals surface area (Å²) in [6, 6.07) is 0. The first-order chi connectivity index (χ1) is 7.56. The van der Waals surface area contributed by atoms with E-state index in [0.29, 0.717) is 12.5 Å². The van der Waals surface area contributed by atoms with Crippen LogP contribution in [0.1, 0.15) is 26.7 Å². The fourth-order valence-corrected chi connectivity index (χ4v) is 1.65. The lowest BCUT2D eigenvalue weighted by Gasteiger charge is -2.09. The van der Waals surface area contributed by atoms with Crippen molar-refractivity contribution < 1.29 is 4.74 Å². The second-order valence-electron chi connectivity index (χ2n) is 4.10. The quantitative estimate of drug-likeness (QED) is 0.747. The van der Waals surface area contributed by atoms with Gasteiger partial charge < -0.3 is 4.74 Å². The maximum absolute atomic E-state index is 11.8. The van der Waals surface area contributed by atoms with Crippen LogP contribution in [0, 0.1) is 5.92 Å². The third kappa shape index (κ3) is 3.23. The molecule has 0 radical (unpaired) electrons. The molecule has 0 amide bonds. The number of aromatic nitrogens is 2. The molecule has 0 aliphatic rings. The zero-order chi connectivity index (χ0) is 12.1. The van der Waals surface area contributed by atoms with Gasteiger partial charge in [0.2, 0.25) is 5.75 Å². The summed E-state index contributed by atoms with van der Waals surface area (Å²) in [6.07, 6.45) is 3.49. The Labute approximate surface area is 100 Å². The minimum Gasteiger partial charge on any atom is -0.489 e. The molecule has 1 aromatic rings. The molecule has 0 saturated heterocycles. The van der Waals surface area contributed by atoms with Crippen LogP contribution in [-0.4, -0.2) is 16.7 Å². The highest BCUT2D eigenvalue weighted by molar-refractivity contribution is 6.30. The van der Waals surface area contributed by atoms with Gasteiger partial charge in [-0.05, 0) is 18.8 Å². The van der Waals surface area contributed by atoms with Crippen LogP contribution in [0.5, 0.6) is 5.75 Å². The molecule has 5 heteroatoms. The van der Waals surface area contributed by atoms with E-state index in [1.807, 2.05) is 0 Å². The first-order valence-corrected chi connectivity index (χ1v) is 5.73. The molecule has 90 valence electrons. The van der Waals surface area contributed by atoms with Crippen molar-refractivity contribution in [1.29, 1.82) is 0 Å². The second kappa shape index (κ2) is 5.89. The van der Waals surface area contributed by atoms with Gasteiger partial charge in [-0.2, -0.15) is 0 Å². The van der Waals surface area contributed by atoms with E-state index in [-0.39, 0.29) is 16.5 Å². The zero-order valence-electron chi connectivity index (χ0n) is 9.86. The Hall–Kier alpha value is -1.03. The topological polar surface area (TPSA) is 44.1 Å². The van der Waals surface area contributed by atoms with E-state index in [1.165, 1.54) is 18.0 Å². The van der Waals surface area contributed by atoms with Gasteiger partial charge in [0.15, 0.2) is 5.15 Å². The lowest BCUT2D eigenvalue weighted by atomic mass is 10.1. The van der Waals surface area contributed by atoms with Gasteiger partial charge in [0.1, 0.15) is 0 Å². The van der Waals surface area contributed by atoms with Crippen molar-refractivity contribution in [2.24, 2.45) is 5.92 Å². The maximum Gasteiger partial charge on any atom is 0.297 e. The number of hydrogen-bond acceptors (Lipinski definition) is 3. The van der Waals surface area contributed by atoms with E-state index in [0.717, 1.165) is 12.8 Å². The molecule has 4 nitrogen and oxygen atoms in total. The van der Waals surface area contributed by atoms with Crippen molar-refractivity contribution >= 4 is 11.6 Å². The van der Waals surface area contributed by atoms with E-state index in [2.05, 4.69) is 18.8 Å². The Kier molecular flexibility index (Phi) is 4.80. The van der Waals surface area contributed by atoms with Crippen molar-refractivity contribution in [3.63, 3.8) is 0 Å². The van der Waals surface area contributed by atoms with Gasteiger partial charge in [0.05, 0.1) is 13.4 Å². The van der Waals surface area contributed by atoms with Crippen molar-refractivity contribution in [2.45, 2.75) is 33.2 Å². The van der Waals surface area contributed by atoms with Gasteiger partial charge in [-0.3, -0.25) is 9.36 Å². The van der Waals surface area contributed by atoms with Gasteiger partial charge in [-0.25, -0.2) is 4.98 Å². The molecular formula is C11H17ClN2O2. The molecular weight excluding hydrogens is 228 g/mol. The summed E-state index contributed by atoms with van der Waals surface area (Å²) in [6.45, 7) is 4.96. The molecule has 0 saturated carbocycles. The molecule has 16 heavy (non-hydrogen) atoms. The molecule has 0 aromatic carbocycles. The van der Waals surface area contributed by atoms with Gasteiger partial charge in [-0.15, -0.1) is 0 Å². The van der Waals surface area contributed by atoms with Crippen LogP contribution in [0.15, 0.2) is 11.1 Å². The number of hydrogen-bond donors (Lipinski definition) is 0. The Balaban J connectivity index is 2.78. The number of nitrogens with zero attached hydrogens (tertiary/aromatic N) is 2. The van der Waals surface area contributed by atoms with Gasteiger partial charge in [0, 0.05) is 6.54 Å². The highest BCUT2D eigenvalue weighted by Gasteiger charge is 2.09. The van der Waals surface area contributed by atoms with Gasteiger partial charge in [-0.1, -0.05) is 25.4 Å².